The third-order valence-electron chi connectivity index (χ3n) is 4.53. The molecule has 2 aromatic heterocycles. The van der Waals surface area contributed by atoms with E-state index in [2.05, 4.69) is 22.5 Å². The van der Waals surface area contributed by atoms with Crippen LogP contribution in [0.1, 0.15) is 28.2 Å². The van der Waals surface area contributed by atoms with E-state index < -0.39 is 0 Å². The highest BCUT2D eigenvalue weighted by Gasteiger charge is 2.16. The molecule has 0 radical (unpaired) electrons. The number of para-hydroxylation sites is 1. The Hall–Kier alpha value is -2.11. The Balaban J connectivity index is 1.68. The van der Waals surface area contributed by atoms with Crippen molar-refractivity contribution in [2.45, 2.75) is 31.8 Å². The minimum Gasteiger partial charge on any atom is -0.385 e. The molecule has 0 amide bonds. The maximum Gasteiger partial charge on any atom is 0.174 e. The van der Waals surface area contributed by atoms with E-state index in [0.717, 1.165) is 52.5 Å². The van der Waals surface area contributed by atoms with E-state index in [9.17, 15) is 4.79 Å². The predicted octanol–water partition coefficient (Wildman–Crippen LogP) is 4.66. The van der Waals surface area contributed by atoms with Crippen molar-refractivity contribution in [1.82, 2.24) is 9.55 Å². The van der Waals surface area contributed by atoms with E-state index in [-0.39, 0.29) is 5.78 Å². The van der Waals surface area contributed by atoms with Gasteiger partial charge in [-0.25, -0.2) is 4.98 Å². The standard InChI is InChI=1S/C21H24N2O2S/c1-15-13-18(16(2)23(15)11-6-12-25-3)20(24)14-26-21-10-9-17-7-4-5-8-19(17)22-21/h4-5,7-10,13H,6,11-12,14H2,1-3H3. The summed E-state index contributed by atoms with van der Waals surface area (Å²) >= 11 is 1.49. The van der Waals surface area contributed by atoms with E-state index in [4.69, 9.17) is 4.74 Å². The summed E-state index contributed by atoms with van der Waals surface area (Å²) in [6.45, 7) is 5.67. The number of hydrogen-bond donors (Lipinski definition) is 0. The lowest BCUT2D eigenvalue weighted by Crippen LogP contribution is -2.08. The van der Waals surface area contributed by atoms with E-state index in [1.54, 1.807) is 7.11 Å². The van der Waals surface area contributed by atoms with Crippen LogP contribution in [0.3, 0.4) is 0 Å². The maximum absolute atomic E-state index is 12.7. The largest absolute Gasteiger partial charge is 0.385 e. The third-order valence-corrected chi connectivity index (χ3v) is 5.46. The molecule has 0 atom stereocenters. The number of pyridine rings is 1. The number of carbonyl (C=O) groups is 1. The van der Waals surface area contributed by atoms with Gasteiger partial charge in [0.15, 0.2) is 5.78 Å². The fourth-order valence-corrected chi connectivity index (χ4v) is 3.90. The lowest BCUT2D eigenvalue weighted by atomic mass is 10.2. The average Bonchev–Trinajstić information content (AvgIpc) is 2.94. The van der Waals surface area contributed by atoms with Crippen LogP contribution in [0.4, 0.5) is 0 Å². The Morgan fingerprint density at radius 3 is 2.81 bits per heavy atom. The van der Waals surface area contributed by atoms with Crippen molar-refractivity contribution in [3.63, 3.8) is 0 Å². The van der Waals surface area contributed by atoms with Gasteiger partial charge in [0.2, 0.25) is 0 Å². The lowest BCUT2D eigenvalue weighted by Gasteiger charge is -2.09. The van der Waals surface area contributed by atoms with Gasteiger partial charge in [0, 0.05) is 42.6 Å². The van der Waals surface area contributed by atoms with Crippen LogP contribution in [0.25, 0.3) is 10.9 Å². The van der Waals surface area contributed by atoms with Crippen molar-refractivity contribution in [3.8, 4) is 0 Å². The summed E-state index contributed by atoms with van der Waals surface area (Å²) in [5, 5.41) is 1.99. The van der Waals surface area contributed by atoms with Crippen LogP contribution < -0.4 is 0 Å². The second-order valence-electron chi connectivity index (χ2n) is 6.34. The number of ketones is 1. The molecule has 2 heterocycles. The molecule has 5 heteroatoms. The van der Waals surface area contributed by atoms with Gasteiger partial charge in [0.1, 0.15) is 0 Å². The van der Waals surface area contributed by atoms with Crippen LogP contribution in [0.5, 0.6) is 0 Å². The van der Waals surface area contributed by atoms with Gasteiger partial charge in [0.05, 0.1) is 16.3 Å². The summed E-state index contributed by atoms with van der Waals surface area (Å²) in [6.07, 6.45) is 0.941. The molecule has 0 aliphatic rings. The van der Waals surface area contributed by atoms with Gasteiger partial charge in [0.25, 0.3) is 0 Å². The number of ether oxygens (including phenoxy) is 1. The van der Waals surface area contributed by atoms with Gasteiger partial charge in [-0.05, 0) is 38.5 Å². The van der Waals surface area contributed by atoms with E-state index in [1.807, 2.05) is 43.3 Å². The van der Waals surface area contributed by atoms with E-state index in [1.165, 1.54) is 11.8 Å². The molecule has 0 aliphatic heterocycles. The van der Waals surface area contributed by atoms with Crippen LogP contribution >= 0.6 is 11.8 Å². The van der Waals surface area contributed by atoms with Crippen LogP contribution in [0.2, 0.25) is 0 Å². The Kier molecular flexibility index (Phi) is 6.12. The molecule has 0 bridgehead atoms. The Bertz CT molecular complexity index is 918. The Morgan fingerprint density at radius 2 is 2.00 bits per heavy atom. The van der Waals surface area contributed by atoms with Crippen molar-refractivity contribution >= 4 is 28.4 Å². The van der Waals surface area contributed by atoms with Gasteiger partial charge >= 0.3 is 0 Å². The first-order valence-electron chi connectivity index (χ1n) is 8.77. The molecule has 136 valence electrons. The number of methoxy groups -OCH3 is 1. The summed E-state index contributed by atoms with van der Waals surface area (Å²) in [5.74, 6) is 0.546. The van der Waals surface area contributed by atoms with Gasteiger partial charge < -0.3 is 9.30 Å². The Labute approximate surface area is 158 Å². The first-order chi connectivity index (χ1) is 12.6. The van der Waals surface area contributed by atoms with Crippen molar-refractivity contribution in [2.24, 2.45) is 0 Å². The minimum absolute atomic E-state index is 0.149. The normalized spacial score (nSPS) is 11.2. The summed E-state index contributed by atoms with van der Waals surface area (Å²) < 4.78 is 7.32. The molecular formula is C21H24N2O2S. The molecule has 1 aromatic carbocycles. The van der Waals surface area contributed by atoms with Gasteiger partial charge in [-0.1, -0.05) is 36.0 Å². The first-order valence-corrected chi connectivity index (χ1v) is 9.76. The zero-order valence-electron chi connectivity index (χ0n) is 15.5. The maximum atomic E-state index is 12.7. The highest BCUT2D eigenvalue weighted by atomic mass is 32.2. The molecule has 4 nitrogen and oxygen atoms in total. The minimum atomic E-state index is 0.149. The number of thioether (sulfide) groups is 1. The molecule has 26 heavy (non-hydrogen) atoms. The van der Waals surface area contributed by atoms with Crippen molar-refractivity contribution in [2.75, 3.05) is 19.5 Å². The lowest BCUT2D eigenvalue weighted by molar-refractivity contribution is 0.102. The number of hydrogen-bond acceptors (Lipinski definition) is 4. The summed E-state index contributed by atoms with van der Waals surface area (Å²) in [5.41, 5.74) is 3.93. The van der Waals surface area contributed by atoms with Gasteiger partial charge in [-0.2, -0.15) is 0 Å². The average molecular weight is 369 g/mol. The fourth-order valence-electron chi connectivity index (χ4n) is 3.14. The van der Waals surface area contributed by atoms with Crippen molar-refractivity contribution in [1.29, 1.82) is 0 Å². The van der Waals surface area contributed by atoms with Crippen molar-refractivity contribution < 1.29 is 9.53 Å². The first kappa shape index (κ1) is 18.7. The number of nitrogens with zero attached hydrogens (tertiary/aromatic N) is 2. The summed E-state index contributed by atoms with van der Waals surface area (Å²) in [4.78, 5) is 17.3. The van der Waals surface area contributed by atoms with Crippen LogP contribution in [0.15, 0.2) is 47.5 Å². The van der Waals surface area contributed by atoms with Crippen LogP contribution in [-0.4, -0.2) is 34.8 Å². The number of rotatable bonds is 8. The number of aryl methyl sites for hydroxylation is 1. The number of Topliss-reactive ketones (excluding diaryl/α,β-unsaturated/α-hetero) is 1. The molecule has 0 aliphatic carbocycles. The zero-order valence-corrected chi connectivity index (χ0v) is 16.3. The molecule has 0 N–H and O–H groups in total. The molecule has 0 unspecified atom stereocenters. The second kappa shape index (κ2) is 8.52. The number of carbonyl (C=O) groups excluding carboxylic acids is 1. The zero-order chi connectivity index (χ0) is 18.5. The summed E-state index contributed by atoms with van der Waals surface area (Å²) in [6, 6.07) is 14.1. The SMILES string of the molecule is COCCCn1c(C)cc(C(=O)CSc2ccc3ccccc3n2)c1C. The third kappa shape index (κ3) is 4.17. The van der Waals surface area contributed by atoms with Crippen molar-refractivity contribution in [3.05, 3.63) is 59.4 Å². The molecule has 0 saturated carbocycles. The molecule has 3 rings (SSSR count). The number of benzene rings is 1. The van der Waals surface area contributed by atoms with Gasteiger partial charge in [-0.3, -0.25) is 4.79 Å². The molecule has 0 spiro atoms. The van der Waals surface area contributed by atoms with Crippen LogP contribution in [0, 0.1) is 13.8 Å². The topological polar surface area (TPSA) is 44.1 Å². The Morgan fingerprint density at radius 1 is 1.19 bits per heavy atom. The fraction of sp³-hybridized carbons (Fsp3) is 0.333. The molecule has 0 saturated heterocycles. The number of fused-ring (bicyclic) bond motifs is 1. The quantitative estimate of drug-likeness (QED) is 0.329. The molecular weight excluding hydrogens is 344 g/mol. The second-order valence-corrected chi connectivity index (χ2v) is 7.33. The predicted molar refractivity (Wildman–Crippen MR) is 107 cm³/mol. The van der Waals surface area contributed by atoms with Gasteiger partial charge in [-0.15, -0.1) is 0 Å². The smallest absolute Gasteiger partial charge is 0.174 e. The highest BCUT2D eigenvalue weighted by Crippen LogP contribution is 2.23. The summed E-state index contributed by atoms with van der Waals surface area (Å²) in [7, 11) is 1.71. The molecule has 3 aromatic rings. The van der Waals surface area contributed by atoms with E-state index in [0.29, 0.717) is 5.75 Å². The van der Waals surface area contributed by atoms with E-state index >= 15 is 0 Å². The van der Waals surface area contributed by atoms with Crippen LogP contribution in [-0.2, 0) is 11.3 Å². The number of aromatic nitrogens is 2. The highest BCUT2D eigenvalue weighted by molar-refractivity contribution is 7.99. The monoisotopic (exact) mass is 368 g/mol. The molecule has 0 fully saturated rings.